The second-order valence-electron chi connectivity index (χ2n) is 5.30. The lowest BCUT2D eigenvalue weighted by Crippen LogP contribution is -2.13. The van der Waals surface area contributed by atoms with E-state index in [9.17, 15) is 17.2 Å². The lowest BCUT2D eigenvalue weighted by molar-refractivity contribution is 0.378. The summed E-state index contributed by atoms with van der Waals surface area (Å²) in [6, 6.07) is 9.64. The van der Waals surface area contributed by atoms with E-state index in [1.165, 1.54) is 24.3 Å². The van der Waals surface area contributed by atoms with Crippen molar-refractivity contribution in [3.63, 3.8) is 0 Å². The summed E-state index contributed by atoms with van der Waals surface area (Å²) in [5.41, 5.74) is 0.802. The molecule has 3 rings (SSSR count). The molecule has 3 aromatic rings. The van der Waals surface area contributed by atoms with Gasteiger partial charge in [0.1, 0.15) is 0 Å². The summed E-state index contributed by atoms with van der Waals surface area (Å²) in [6.07, 6.45) is 0.644. The molecule has 25 heavy (non-hydrogen) atoms. The molecule has 2 N–H and O–H groups in total. The summed E-state index contributed by atoms with van der Waals surface area (Å²) >= 11 is 0. The summed E-state index contributed by atoms with van der Waals surface area (Å²) in [4.78, 5) is 4.04. The molecule has 1 heterocycles. The van der Waals surface area contributed by atoms with Crippen molar-refractivity contribution >= 4 is 10.0 Å². The monoisotopic (exact) mass is 365 g/mol. The molecule has 0 saturated heterocycles. The number of aryl methyl sites for hydroxylation is 2. The quantitative estimate of drug-likeness (QED) is 0.749. The van der Waals surface area contributed by atoms with Crippen LogP contribution in [0.1, 0.15) is 11.5 Å². The maximum absolute atomic E-state index is 13.2. The second-order valence-corrected chi connectivity index (χ2v) is 6.83. The van der Waals surface area contributed by atoms with Gasteiger partial charge >= 0.3 is 0 Å². The van der Waals surface area contributed by atoms with Crippen LogP contribution in [0.2, 0.25) is 0 Å². The highest BCUT2D eigenvalue weighted by atomic mass is 32.2. The molecule has 0 aliphatic heterocycles. The number of primary sulfonamides is 1. The van der Waals surface area contributed by atoms with Gasteiger partial charge in [-0.05, 0) is 36.2 Å². The highest BCUT2D eigenvalue weighted by Crippen LogP contribution is 2.24. The number of aromatic nitrogens is 2. The van der Waals surface area contributed by atoms with Crippen molar-refractivity contribution in [1.82, 2.24) is 10.1 Å². The van der Waals surface area contributed by atoms with E-state index in [1.54, 1.807) is 6.07 Å². The molecule has 0 unspecified atom stereocenters. The van der Waals surface area contributed by atoms with Crippen molar-refractivity contribution in [2.45, 2.75) is 17.7 Å². The molecule has 0 spiro atoms. The van der Waals surface area contributed by atoms with Gasteiger partial charge in [0, 0.05) is 12.0 Å². The standard InChI is InChI=1S/C16H13F2N3O3S/c17-12-7-5-10(9-13(12)18)6-8-15-20-16(21-24-15)11-3-1-2-4-14(11)25(19,22)23/h1-5,7,9H,6,8H2,(H2,19,22,23). The number of rotatable bonds is 5. The van der Waals surface area contributed by atoms with E-state index in [0.717, 1.165) is 12.1 Å². The molecule has 6 nitrogen and oxygen atoms in total. The highest BCUT2D eigenvalue weighted by molar-refractivity contribution is 7.89. The lowest BCUT2D eigenvalue weighted by atomic mass is 10.1. The van der Waals surface area contributed by atoms with Crippen molar-refractivity contribution in [1.29, 1.82) is 0 Å². The van der Waals surface area contributed by atoms with Gasteiger partial charge in [-0.2, -0.15) is 4.98 Å². The van der Waals surface area contributed by atoms with E-state index >= 15 is 0 Å². The molecule has 1 aromatic heterocycles. The second kappa shape index (κ2) is 6.69. The molecule has 0 bridgehead atoms. The number of hydrogen-bond donors (Lipinski definition) is 1. The largest absolute Gasteiger partial charge is 0.339 e. The fourth-order valence-corrected chi connectivity index (χ4v) is 3.05. The summed E-state index contributed by atoms with van der Waals surface area (Å²) in [5.74, 6) is -1.51. The molecule has 9 heteroatoms. The zero-order valence-corrected chi connectivity index (χ0v) is 13.6. The van der Waals surface area contributed by atoms with Crippen LogP contribution in [0.4, 0.5) is 8.78 Å². The fraction of sp³-hybridized carbons (Fsp3) is 0.125. The average molecular weight is 365 g/mol. The Morgan fingerprint density at radius 2 is 1.80 bits per heavy atom. The third kappa shape index (κ3) is 3.89. The number of nitrogens with two attached hydrogens (primary N) is 1. The summed E-state index contributed by atoms with van der Waals surface area (Å²) in [6.45, 7) is 0. The number of sulfonamides is 1. The minimum Gasteiger partial charge on any atom is -0.339 e. The Kier molecular flexibility index (Phi) is 4.60. The van der Waals surface area contributed by atoms with Crippen molar-refractivity contribution in [3.05, 3.63) is 65.6 Å². The van der Waals surface area contributed by atoms with Gasteiger partial charge in [0.25, 0.3) is 0 Å². The van der Waals surface area contributed by atoms with Crippen LogP contribution in [0.25, 0.3) is 11.4 Å². The van der Waals surface area contributed by atoms with Gasteiger partial charge in [-0.25, -0.2) is 22.3 Å². The Labute approximate surface area is 142 Å². The fourth-order valence-electron chi connectivity index (χ4n) is 2.31. The van der Waals surface area contributed by atoms with E-state index in [4.69, 9.17) is 9.66 Å². The molecule has 0 aliphatic carbocycles. The summed E-state index contributed by atoms with van der Waals surface area (Å²) in [7, 11) is -3.94. The van der Waals surface area contributed by atoms with E-state index in [0.29, 0.717) is 12.0 Å². The van der Waals surface area contributed by atoms with Gasteiger partial charge in [-0.3, -0.25) is 0 Å². The van der Waals surface area contributed by atoms with Gasteiger partial charge in [0.2, 0.25) is 21.7 Å². The Hall–Kier alpha value is -2.65. The first kappa shape index (κ1) is 17.2. The molecule has 0 atom stereocenters. The van der Waals surface area contributed by atoms with Gasteiger partial charge < -0.3 is 4.52 Å². The van der Waals surface area contributed by atoms with Crippen LogP contribution in [-0.4, -0.2) is 18.6 Å². The minimum absolute atomic E-state index is 0.0879. The minimum atomic E-state index is -3.94. The Morgan fingerprint density at radius 3 is 2.52 bits per heavy atom. The van der Waals surface area contributed by atoms with Crippen molar-refractivity contribution in [2.75, 3.05) is 0 Å². The van der Waals surface area contributed by atoms with Crippen LogP contribution in [0.15, 0.2) is 51.9 Å². The highest BCUT2D eigenvalue weighted by Gasteiger charge is 2.18. The van der Waals surface area contributed by atoms with Crippen molar-refractivity contribution in [2.24, 2.45) is 5.14 Å². The normalized spacial score (nSPS) is 11.6. The smallest absolute Gasteiger partial charge is 0.238 e. The Bertz CT molecular complexity index is 1020. The third-order valence-electron chi connectivity index (χ3n) is 3.51. The SMILES string of the molecule is NS(=O)(=O)c1ccccc1-c1noc(CCc2ccc(F)c(F)c2)n1. The zero-order valence-electron chi connectivity index (χ0n) is 12.8. The molecule has 130 valence electrons. The van der Waals surface area contributed by atoms with E-state index in [1.807, 2.05) is 0 Å². The van der Waals surface area contributed by atoms with Gasteiger partial charge in [0.15, 0.2) is 11.6 Å². The molecule has 0 amide bonds. The summed E-state index contributed by atoms with van der Waals surface area (Å²) in [5, 5.41) is 8.95. The number of hydrogen-bond acceptors (Lipinski definition) is 5. The van der Waals surface area contributed by atoms with Crippen LogP contribution in [-0.2, 0) is 22.9 Å². The zero-order chi connectivity index (χ0) is 18.0. The molecule has 0 fully saturated rings. The molecule has 0 radical (unpaired) electrons. The van der Waals surface area contributed by atoms with Gasteiger partial charge in [-0.1, -0.05) is 23.4 Å². The Morgan fingerprint density at radius 1 is 1.04 bits per heavy atom. The Balaban J connectivity index is 1.80. The van der Waals surface area contributed by atoms with Crippen LogP contribution in [0, 0.1) is 11.6 Å². The first-order valence-electron chi connectivity index (χ1n) is 7.23. The van der Waals surface area contributed by atoms with Crippen LogP contribution in [0.5, 0.6) is 0 Å². The van der Waals surface area contributed by atoms with Crippen LogP contribution >= 0.6 is 0 Å². The molecule has 0 saturated carbocycles. The molecule has 2 aromatic carbocycles. The van der Waals surface area contributed by atoms with Crippen molar-refractivity contribution in [3.8, 4) is 11.4 Å². The average Bonchev–Trinajstić information content (AvgIpc) is 3.04. The topological polar surface area (TPSA) is 99.1 Å². The molecular formula is C16H13F2N3O3S. The first-order chi connectivity index (χ1) is 11.8. The van der Waals surface area contributed by atoms with Gasteiger partial charge in [0.05, 0.1) is 4.90 Å². The number of halogens is 2. The first-order valence-corrected chi connectivity index (χ1v) is 8.78. The third-order valence-corrected chi connectivity index (χ3v) is 4.48. The summed E-state index contributed by atoms with van der Waals surface area (Å²) < 4.78 is 54.5. The van der Waals surface area contributed by atoms with E-state index in [-0.39, 0.29) is 28.6 Å². The lowest BCUT2D eigenvalue weighted by Gasteiger charge is -2.02. The predicted molar refractivity (Wildman–Crippen MR) is 84.9 cm³/mol. The van der Waals surface area contributed by atoms with E-state index < -0.39 is 21.7 Å². The van der Waals surface area contributed by atoms with Gasteiger partial charge in [-0.15, -0.1) is 0 Å². The molecule has 0 aliphatic rings. The molecular weight excluding hydrogens is 352 g/mol. The van der Waals surface area contributed by atoms with Crippen LogP contribution in [0.3, 0.4) is 0 Å². The number of benzene rings is 2. The van der Waals surface area contributed by atoms with Crippen LogP contribution < -0.4 is 5.14 Å². The predicted octanol–water partition coefficient (Wildman–Crippen LogP) is 2.45. The van der Waals surface area contributed by atoms with E-state index in [2.05, 4.69) is 10.1 Å². The number of nitrogens with zero attached hydrogens (tertiary/aromatic N) is 2. The van der Waals surface area contributed by atoms with Crippen molar-refractivity contribution < 1.29 is 21.7 Å². The maximum atomic E-state index is 13.2. The maximum Gasteiger partial charge on any atom is 0.238 e.